The molecule has 1 aromatic heterocycles. The van der Waals surface area contributed by atoms with Crippen molar-refractivity contribution in [2.24, 2.45) is 5.10 Å². The normalized spacial score (nSPS) is 14.6. The Morgan fingerprint density at radius 2 is 2.15 bits per heavy atom. The molecular formula is C22H23ClF4N6O. The number of aliphatic hydroxyl groups is 1. The van der Waals surface area contributed by atoms with E-state index in [9.17, 15) is 22.7 Å². The summed E-state index contributed by atoms with van der Waals surface area (Å²) in [4.78, 5) is 11.7. The van der Waals surface area contributed by atoms with Crippen molar-refractivity contribution in [1.29, 1.82) is 0 Å². The van der Waals surface area contributed by atoms with Gasteiger partial charge in [0.15, 0.2) is 0 Å². The largest absolute Gasteiger partial charge is 0.418 e. The van der Waals surface area contributed by atoms with Gasteiger partial charge in [-0.1, -0.05) is 18.2 Å². The zero-order chi connectivity index (χ0) is 24.9. The maximum Gasteiger partial charge on any atom is 0.418 e. The van der Waals surface area contributed by atoms with E-state index in [1.54, 1.807) is 13.3 Å². The van der Waals surface area contributed by atoms with Crippen LogP contribution in [0.2, 0.25) is 0 Å². The second-order valence-electron chi connectivity index (χ2n) is 7.25. The van der Waals surface area contributed by atoms with E-state index in [-0.39, 0.29) is 18.1 Å². The van der Waals surface area contributed by atoms with Crippen LogP contribution in [0.15, 0.2) is 53.0 Å². The maximum atomic E-state index is 13.7. The van der Waals surface area contributed by atoms with Crippen LogP contribution >= 0.6 is 11.6 Å². The number of benzene rings is 1. The van der Waals surface area contributed by atoms with Gasteiger partial charge in [0.1, 0.15) is 18.0 Å². The van der Waals surface area contributed by atoms with Gasteiger partial charge in [0.25, 0.3) is 0 Å². The summed E-state index contributed by atoms with van der Waals surface area (Å²) in [6, 6.07) is 2.42. The third-order valence-electron chi connectivity index (χ3n) is 5.20. The van der Waals surface area contributed by atoms with Crippen LogP contribution in [0.25, 0.3) is 0 Å². The minimum Gasteiger partial charge on any atom is -0.395 e. The van der Waals surface area contributed by atoms with Gasteiger partial charge in [0, 0.05) is 25.7 Å². The molecule has 0 amide bonds. The summed E-state index contributed by atoms with van der Waals surface area (Å²) in [6.07, 6.45) is -0.144. The number of rotatable bonds is 8. The van der Waals surface area contributed by atoms with Crippen molar-refractivity contribution in [3.63, 3.8) is 0 Å². The molecule has 0 radical (unpaired) electrons. The van der Waals surface area contributed by atoms with Crippen LogP contribution in [0, 0.1) is 5.82 Å². The summed E-state index contributed by atoms with van der Waals surface area (Å²) in [6.45, 7) is 3.81. The van der Waals surface area contributed by atoms with Crippen LogP contribution in [0.1, 0.15) is 16.8 Å². The van der Waals surface area contributed by atoms with Crippen LogP contribution in [0.3, 0.4) is 0 Å². The highest BCUT2D eigenvalue weighted by atomic mass is 35.5. The summed E-state index contributed by atoms with van der Waals surface area (Å²) in [5, 5.41) is 14.0. The number of allylic oxidation sites excluding steroid dienone is 3. The predicted molar refractivity (Wildman–Crippen MR) is 122 cm³/mol. The van der Waals surface area contributed by atoms with Crippen LogP contribution in [0.4, 0.5) is 29.1 Å². The zero-order valence-corrected chi connectivity index (χ0v) is 19.0. The molecule has 0 saturated carbocycles. The van der Waals surface area contributed by atoms with Crippen molar-refractivity contribution in [3.8, 4) is 0 Å². The second-order valence-corrected chi connectivity index (χ2v) is 7.65. The fourth-order valence-corrected chi connectivity index (χ4v) is 3.88. The van der Waals surface area contributed by atoms with Gasteiger partial charge in [-0.25, -0.2) is 14.4 Å². The van der Waals surface area contributed by atoms with E-state index in [1.807, 2.05) is 4.90 Å². The lowest BCUT2D eigenvalue weighted by Crippen LogP contribution is -2.34. The van der Waals surface area contributed by atoms with E-state index in [2.05, 4.69) is 27.1 Å². The summed E-state index contributed by atoms with van der Waals surface area (Å²) in [7, 11) is 1.64. The molecule has 0 aliphatic carbocycles. The van der Waals surface area contributed by atoms with E-state index in [1.165, 1.54) is 17.3 Å². The fourth-order valence-electron chi connectivity index (χ4n) is 3.71. The minimum absolute atomic E-state index is 0.176. The van der Waals surface area contributed by atoms with E-state index >= 15 is 0 Å². The van der Waals surface area contributed by atoms with Crippen molar-refractivity contribution in [1.82, 2.24) is 20.3 Å². The Balaban J connectivity index is 2.06. The van der Waals surface area contributed by atoms with Crippen molar-refractivity contribution >= 4 is 29.3 Å². The number of anilines is 2. The molecular weight excluding hydrogens is 476 g/mol. The van der Waals surface area contributed by atoms with Gasteiger partial charge < -0.3 is 20.3 Å². The summed E-state index contributed by atoms with van der Waals surface area (Å²) in [5.41, 5.74) is 3.01. The van der Waals surface area contributed by atoms with Gasteiger partial charge in [0.2, 0.25) is 0 Å². The lowest BCUT2D eigenvalue weighted by atomic mass is 10.0. The number of hydrogen-bond donors (Lipinski definition) is 2. The number of hydrogen-bond acceptors (Lipinski definition) is 7. The van der Waals surface area contributed by atoms with Crippen molar-refractivity contribution in [2.45, 2.75) is 19.1 Å². The van der Waals surface area contributed by atoms with Gasteiger partial charge in [-0.05, 0) is 30.7 Å². The Labute approximate surface area is 199 Å². The highest BCUT2D eigenvalue weighted by molar-refractivity contribution is 6.32. The predicted octanol–water partition coefficient (Wildman–Crippen LogP) is 3.96. The van der Waals surface area contributed by atoms with Crippen molar-refractivity contribution in [2.75, 3.05) is 31.6 Å². The number of aromatic nitrogens is 2. The molecule has 2 aromatic rings. The first-order chi connectivity index (χ1) is 16.2. The van der Waals surface area contributed by atoms with Gasteiger partial charge in [-0.3, -0.25) is 0 Å². The molecule has 1 aliphatic rings. The third kappa shape index (κ3) is 5.48. The molecule has 0 atom stereocenters. The maximum absolute atomic E-state index is 13.7. The van der Waals surface area contributed by atoms with E-state index in [0.29, 0.717) is 47.6 Å². The number of hydrazone groups is 1. The Morgan fingerprint density at radius 1 is 1.38 bits per heavy atom. The molecule has 0 bridgehead atoms. The van der Waals surface area contributed by atoms with Crippen LogP contribution in [-0.4, -0.2) is 52.9 Å². The zero-order valence-electron chi connectivity index (χ0n) is 18.3. The lowest BCUT2D eigenvalue weighted by molar-refractivity contribution is -0.137. The molecule has 0 fully saturated rings. The topological polar surface area (TPSA) is 76.9 Å². The van der Waals surface area contributed by atoms with E-state index in [4.69, 9.17) is 11.6 Å². The smallest absolute Gasteiger partial charge is 0.395 e. The Bertz CT molecular complexity index is 1110. The lowest BCUT2D eigenvalue weighted by Gasteiger charge is -2.34. The average Bonchev–Trinajstić information content (AvgIpc) is 2.81. The highest BCUT2D eigenvalue weighted by Gasteiger charge is 2.36. The SMILES string of the molecule is C=C/C(Cl)=C(\C=N/NC)N1CCc2c(ncnc2N(CCO)c2ccc(F)cc2C(F)(F)F)C1. The number of fused-ring (bicyclic) bond motifs is 1. The molecule has 3 rings (SSSR count). The summed E-state index contributed by atoms with van der Waals surface area (Å²) in [5.74, 6) is -0.790. The second kappa shape index (κ2) is 10.8. The van der Waals surface area contributed by atoms with Crippen LogP contribution in [0.5, 0.6) is 0 Å². The van der Waals surface area contributed by atoms with Crippen molar-refractivity contribution in [3.05, 3.63) is 70.5 Å². The molecule has 182 valence electrons. The first-order valence-electron chi connectivity index (χ1n) is 10.3. The third-order valence-corrected chi connectivity index (χ3v) is 5.55. The molecule has 34 heavy (non-hydrogen) atoms. The Hall–Kier alpha value is -3.18. The van der Waals surface area contributed by atoms with Gasteiger partial charge >= 0.3 is 6.18 Å². The molecule has 1 aliphatic heterocycles. The molecule has 0 unspecified atom stereocenters. The average molecular weight is 499 g/mol. The standard InChI is InChI=1S/C22H23ClF4N6O/c1-3-17(23)20(11-31-28-2)32-7-6-15-18(12-32)29-13-30-21(15)33(8-9-34)19-5-4-14(24)10-16(19)22(25,26)27/h3-5,10-11,13,28,34H,1,6-9,12H2,2H3/b20-17-,31-11-. The first-order valence-corrected chi connectivity index (χ1v) is 10.6. The summed E-state index contributed by atoms with van der Waals surface area (Å²) < 4.78 is 54.8. The summed E-state index contributed by atoms with van der Waals surface area (Å²) >= 11 is 6.30. The van der Waals surface area contributed by atoms with Gasteiger partial charge in [0.05, 0.1) is 47.0 Å². The minimum atomic E-state index is -4.80. The molecule has 0 spiro atoms. The fraction of sp³-hybridized carbons (Fsp3) is 0.318. The van der Waals surface area contributed by atoms with E-state index in [0.717, 1.165) is 12.1 Å². The molecule has 7 nitrogen and oxygen atoms in total. The number of alkyl halides is 3. The van der Waals surface area contributed by atoms with Gasteiger partial charge in [-0.15, -0.1) is 0 Å². The molecule has 2 N–H and O–H groups in total. The van der Waals surface area contributed by atoms with Crippen LogP contribution in [-0.2, 0) is 19.1 Å². The van der Waals surface area contributed by atoms with Crippen molar-refractivity contribution < 1.29 is 22.7 Å². The Kier molecular flexibility index (Phi) is 8.11. The number of nitrogens with zero attached hydrogens (tertiary/aromatic N) is 5. The number of aliphatic hydroxyl groups excluding tert-OH is 1. The Morgan fingerprint density at radius 3 is 2.79 bits per heavy atom. The first kappa shape index (κ1) is 25.4. The molecule has 12 heteroatoms. The number of nitrogens with one attached hydrogen (secondary N) is 1. The monoisotopic (exact) mass is 498 g/mol. The quantitative estimate of drug-likeness (QED) is 0.248. The highest BCUT2D eigenvalue weighted by Crippen LogP contribution is 2.40. The van der Waals surface area contributed by atoms with Crippen LogP contribution < -0.4 is 10.3 Å². The number of halogens is 5. The molecule has 0 saturated heterocycles. The molecule has 2 heterocycles. The van der Waals surface area contributed by atoms with E-state index < -0.39 is 24.2 Å². The van der Waals surface area contributed by atoms with Gasteiger partial charge in [-0.2, -0.15) is 18.3 Å². The molecule has 1 aromatic carbocycles.